The molecule has 0 aliphatic rings. The molecule has 0 unspecified atom stereocenters. The van der Waals surface area contributed by atoms with Gasteiger partial charge in [-0.25, -0.2) is 0 Å². The molecule has 0 aromatic heterocycles. The fourth-order valence-electron chi connectivity index (χ4n) is 2.37. The van der Waals surface area contributed by atoms with E-state index in [2.05, 4.69) is 37.3 Å². The molecular formula is C20H35N. The molecule has 0 saturated carbocycles. The predicted molar refractivity (Wildman–Crippen MR) is 94.2 cm³/mol. The highest BCUT2D eigenvalue weighted by molar-refractivity contribution is 4.92. The highest BCUT2D eigenvalue weighted by Crippen LogP contribution is 2.09. The Bertz CT molecular complexity index is 283. The number of hydrogen-bond acceptors (Lipinski definition) is 1. The van der Waals surface area contributed by atoms with Crippen LogP contribution in [0.3, 0.4) is 0 Å². The van der Waals surface area contributed by atoms with Gasteiger partial charge in [-0.2, -0.15) is 5.26 Å². The maximum atomic E-state index is 8.43. The van der Waals surface area contributed by atoms with Crippen LogP contribution in [0, 0.1) is 11.3 Å². The number of allylic oxidation sites excluding steroid dienone is 4. The van der Waals surface area contributed by atoms with Crippen LogP contribution in [-0.2, 0) is 0 Å². The van der Waals surface area contributed by atoms with Gasteiger partial charge in [-0.3, -0.25) is 0 Å². The summed E-state index contributed by atoms with van der Waals surface area (Å²) in [7, 11) is 0. The van der Waals surface area contributed by atoms with E-state index in [1.165, 1.54) is 70.6 Å². The van der Waals surface area contributed by atoms with Crippen molar-refractivity contribution in [3.8, 4) is 6.07 Å². The molecule has 1 nitrogen and oxygen atoms in total. The van der Waals surface area contributed by atoms with Crippen LogP contribution >= 0.6 is 0 Å². The van der Waals surface area contributed by atoms with Crippen molar-refractivity contribution in [3.63, 3.8) is 0 Å². The monoisotopic (exact) mass is 289 g/mol. The largest absolute Gasteiger partial charge is 0.198 e. The lowest BCUT2D eigenvalue weighted by atomic mass is 10.1. The molecule has 0 amide bonds. The highest BCUT2D eigenvalue weighted by atomic mass is 14.2. The molecule has 0 radical (unpaired) electrons. The van der Waals surface area contributed by atoms with Crippen molar-refractivity contribution in [1.29, 1.82) is 5.26 Å². The Morgan fingerprint density at radius 3 is 1.76 bits per heavy atom. The fraction of sp³-hybridized carbons (Fsp3) is 0.750. The van der Waals surface area contributed by atoms with E-state index in [4.69, 9.17) is 5.26 Å². The third kappa shape index (κ3) is 19.0. The molecule has 0 saturated heterocycles. The van der Waals surface area contributed by atoms with Crippen LogP contribution in [-0.4, -0.2) is 0 Å². The second-order valence-electron chi connectivity index (χ2n) is 5.85. The van der Waals surface area contributed by atoms with E-state index in [0.717, 1.165) is 19.3 Å². The molecule has 0 N–H and O–H groups in total. The Kier molecular flexibility index (Phi) is 18.0. The first-order valence-corrected chi connectivity index (χ1v) is 9.08. The number of nitrogens with zero attached hydrogens (tertiary/aromatic N) is 1. The zero-order valence-corrected chi connectivity index (χ0v) is 14.2. The molecule has 0 fully saturated rings. The van der Waals surface area contributed by atoms with Gasteiger partial charge in [-0.15, -0.1) is 0 Å². The van der Waals surface area contributed by atoms with Gasteiger partial charge in [0.05, 0.1) is 6.07 Å². The lowest BCUT2D eigenvalue weighted by Crippen LogP contribution is -1.79. The molecule has 0 heterocycles. The van der Waals surface area contributed by atoms with Gasteiger partial charge in [-0.05, 0) is 38.5 Å². The van der Waals surface area contributed by atoms with E-state index in [9.17, 15) is 0 Å². The Morgan fingerprint density at radius 1 is 0.667 bits per heavy atom. The first-order valence-electron chi connectivity index (χ1n) is 9.08. The number of hydrogen-bond donors (Lipinski definition) is 0. The molecule has 1 heteroatoms. The highest BCUT2D eigenvalue weighted by Gasteiger charge is 1.90. The molecule has 0 bridgehead atoms. The Balaban J connectivity index is 3.15. The minimum Gasteiger partial charge on any atom is -0.198 e. The predicted octanol–water partition coefficient (Wildman–Crippen LogP) is 7.10. The standard InChI is InChI=1S/C20H35N/c1-2-3-4-5-6-7-8-9-10-11-12-13-14-15-16-17-18-19-20-21/h7-8,10-11H,2-6,9,12-19H2,1H3/b8-7?,11-10-. The number of unbranched alkanes of at least 4 members (excludes halogenated alkanes) is 11. The minimum atomic E-state index is 0.731. The van der Waals surface area contributed by atoms with Crippen molar-refractivity contribution in [3.05, 3.63) is 24.3 Å². The average molecular weight is 290 g/mol. The van der Waals surface area contributed by atoms with Crippen LogP contribution in [0.4, 0.5) is 0 Å². The van der Waals surface area contributed by atoms with Gasteiger partial charge in [0.25, 0.3) is 0 Å². The summed E-state index contributed by atoms with van der Waals surface area (Å²) >= 11 is 0. The van der Waals surface area contributed by atoms with Gasteiger partial charge in [0, 0.05) is 6.42 Å². The summed E-state index contributed by atoms with van der Waals surface area (Å²) in [5.74, 6) is 0. The van der Waals surface area contributed by atoms with E-state index in [0.29, 0.717) is 0 Å². The summed E-state index contributed by atoms with van der Waals surface area (Å²) in [6.07, 6.45) is 26.6. The third-order valence-electron chi connectivity index (χ3n) is 3.74. The van der Waals surface area contributed by atoms with Gasteiger partial charge in [0.2, 0.25) is 0 Å². The first kappa shape index (κ1) is 20.0. The lowest BCUT2D eigenvalue weighted by molar-refractivity contribution is 0.601. The van der Waals surface area contributed by atoms with Crippen LogP contribution in [0.25, 0.3) is 0 Å². The van der Waals surface area contributed by atoms with Gasteiger partial charge < -0.3 is 0 Å². The number of nitriles is 1. The summed E-state index contributed by atoms with van der Waals surface area (Å²) in [6, 6.07) is 2.21. The zero-order chi connectivity index (χ0) is 15.4. The molecule has 0 aliphatic heterocycles. The van der Waals surface area contributed by atoms with E-state index in [1.807, 2.05) is 0 Å². The van der Waals surface area contributed by atoms with Crippen molar-refractivity contribution in [2.24, 2.45) is 0 Å². The Labute approximate surface area is 133 Å². The minimum absolute atomic E-state index is 0.731. The SMILES string of the molecule is CCCCCCC=CC/C=C\CCCCCCCCC#N. The summed E-state index contributed by atoms with van der Waals surface area (Å²) < 4.78 is 0. The van der Waals surface area contributed by atoms with E-state index in [1.54, 1.807) is 0 Å². The zero-order valence-electron chi connectivity index (χ0n) is 14.2. The lowest BCUT2D eigenvalue weighted by Gasteiger charge is -1.98. The Morgan fingerprint density at radius 2 is 1.19 bits per heavy atom. The summed E-state index contributed by atoms with van der Waals surface area (Å²) in [5.41, 5.74) is 0. The quantitative estimate of drug-likeness (QED) is 0.233. The second kappa shape index (κ2) is 19.0. The Hall–Kier alpha value is -1.03. The van der Waals surface area contributed by atoms with Gasteiger partial charge >= 0.3 is 0 Å². The van der Waals surface area contributed by atoms with Crippen LogP contribution in [0.2, 0.25) is 0 Å². The summed E-state index contributed by atoms with van der Waals surface area (Å²) in [6.45, 7) is 2.26. The van der Waals surface area contributed by atoms with E-state index in [-0.39, 0.29) is 0 Å². The molecule has 0 atom stereocenters. The smallest absolute Gasteiger partial charge is 0.0621 e. The molecule has 0 aromatic rings. The van der Waals surface area contributed by atoms with Gasteiger partial charge in [0.15, 0.2) is 0 Å². The number of rotatable bonds is 15. The fourth-order valence-corrected chi connectivity index (χ4v) is 2.37. The van der Waals surface area contributed by atoms with Crippen molar-refractivity contribution in [2.45, 2.75) is 96.8 Å². The second-order valence-corrected chi connectivity index (χ2v) is 5.85. The molecule has 120 valence electrons. The normalized spacial score (nSPS) is 11.4. The maximum absolute atomic E-state index is 8.43. The molecular weight excluding hydrogens is 254 g/mol. The van der Waals surface area contributed by atoms with Crippen molar-refractivity contribution in [2.75, 3.05) is 0 Å². The summed E-state index contributed by atoms with van der Waals surface area (Å²) in [4.78, 5) is 0. The van der Waals surface area contributed by atoms with Crippen LogP contribution in [0.15, 0.2) is 24.3 Å². The molecule has 21 heavy (non-hydrogen) atoms. The van der Waals surface area contributed by atoms with Crippen LogP contribution in [0.1, 0.15) is 96.8 Å². The average Bonchev–Trinajstić information content (AvgIpc) is 2.50. The maximum Gasteiger partial charge on any atom is 0.0621 e. The van der Waals surface area contributed by atoms with Crippen LogP contribution < -0.4 is 0 Å². The van der Waals surface area contributed by atoms with Gasteiger partial charge in [0.1, 0.15) is 0 Å². The third-order valence-corrected chi connectivity index (χ3v) is 3.74. The molecule has 0 spiro atoms. The molecule has 0 aliphatic carbocycles. The van der Waals surface area contributed by atoms with Crippen LogP contribution in [0.5, 0.6) is 0 Å². The summed E-state index contributed by atoms with van der Waals surface area (Å²) in [5, 5.41) is 8.43. The van der Waals surface area contributed by atoms with E-state index < -0.39 is 0 Å². The van der Waals surface area contributed by atoms with Crippen molar-refractivity contribution in [1.82, 2.24) is 0 Å². The van der Waals surface area contributed by atoms with Crippen molar-refractivity contribution >= 4 is 0 Å². The van der Waals surface area contributed by atoms with Crippen molar-refractivity contribution < 1.29 is 0 Å². The topological polar surface area (TPSA) is 23.8 Å². The van der Waals surface area contributed by atoms with E-state index >= 15 is 0 Å². The molecule has 0 aromatic carbocycles. The van der Waals surface area contributed by atoms with Gasteiger partial charge in [-0.1, -0.05) is 76.2 Å². The first-order chi connectivity index (χ1) is 10.4. The molecule has 0 rings (SSSR count).